The van der Waals surface area contributed by atoms with Gasteiger partial charge in [0.05, 0.1) is 12.4 Å². The Kier molecular flexibility index (Phi) is 3.41. The molecule has 5 heteroatoms. The van der Waals surface area contributed by atoms with Crippen molar-refractivity contribution in [2.75, 3.05) is 24.5 Å². The highest BCUT2D eigenvalue weighted by molar-refractivity contribution is 5.33. The van der Waals surface area contributed by atoms with Crippen molar-refractivity contribution in [3.8, 4) is 0 Å². The summed E-state index contributed by atoms with van der Waals surface area (Å²) in [6.45, 7) is 3.22. The third kappa shape index (κ3) is 2.77. The van der Waals surface area contributed by atoms with Crippen molar-refractivity contribution in [3.05, 3.63) is 18.2 Å². The second kappa shape index (κ2) is 5.18. The minimum atomic E-state index is -0.364. The van der Waals surface area contributed by atoms with Crippen LogP contribution in [0.25, 0.3) is 0 Å². The molecule has 18 heavy (non-hydrogen) atoms. The van der Waals surface area contributed by atoms with Crippen molar-refractivity contribution in [3.63, 3.8) is 0 Å². The number of halogens is 1. The molecule has 0 bridgehead atoms. The molecule has 1 aromatic rings. The fourth-order valence-corrected chi connectivity index (χ4v) is 2.58. The van der Waals surface area contributed by atoms with Crippen molar-refractivity contribution >= 4 is 5.95 Å². The molecule has 0 spiro atoms. The van der Waals surface area contributed by atoms with Crippen LogP contribution in [0.15, 0.2) is 12.4 Å². The van der Waals surface area contributed by atoms with Gasteiger partial charge < -0.3 is 10.2 Å². The molecule has 1 saturated heterocycles. The Balaban J connectivity index is 1.69. The van der Waals surface area contributed by atoms with E-state index in [1.165, 1.54) is 38.1 Å². The molecule has 1 aliphatic heterocycles. The molecule has 0 atom stereocenters. The summed E-state index contributed by atoms with van der Waals surface area (Å²) in [5.41, 5.74) is 0. The molecule has 0 radical (unpaired) electrons. The minimum absolute atomic E-state index is 0.364. The lowest BCUT2D eigenvalue weighted by molar-refractivity contribution is 0.371. The van der Waals surface area contributed by atoms with E-state index >= 15 is 0 Å². The minimum Gasteiger partial charge on any atom is -0.338 e. The molecule has 4 nitrogen and oxygen atoms in total. The van der Waals surface area contributed by atoms with E-state index in [9.17, 15) is 4.39 Å². The zero-order valence-corrected chi connectivity index (χ0v) is 10.5. The van der Waals surface area contributed by atoms with Crippen molar-refractivity contribution < 1.29 is 4.39 Å². The Bertz CT molecular complexity index is 384. The number of anilines is 1. The Morgan fingerprint density at radius 3 is 2.44 bits per heavy atom. The first-order chi connectivity index (χ1) is 8.83. The van der Waals surface area contributed by atoms with Gasteiger partial charge >= 0.3 is 0 Å². The topological polar surface area (TPSA) is 41.1 Å². The Labute approximate surface area is 107 Å². The third-order valence-corrected chi connectivity index (χ3v) is 3.76. The van der Waals surface area contributed by atoms with E-state index in [0.29, 0.717) is 17.9 Å². The van der Waals surface area contributed by atoms with Gasteiger partial charge in [0.25, 0.3) is 0 Å². The summed E-state index contributed by atoms with van der Waals surface area (Å²) in [6, 6.07) is 0.574. The standard InChI is InChI=1S/C13H19FN4/c14-11-7-16-13(17-8-11)18(12-1-2-12)9-10-3-5-15-6-4-10/h7-8,10,12,15H,1-6,9H2. The van der Waals surface area contributed by atoms with Crippen LogP contribution in [0.1, 0.15) is 25.7 Å². The summed E-state index contributed by atoms with van der Waals surface area (Å²) in [5.74, 6) is 1.04. The normalized spacial score (nSPS) is 20.9. The average Bonchev–Trinajstić information content (AvgIpc) is 3.23. The van der Waals surface area contributed by atoms with Gasteiger partial charge in [-0.15, -0.1) is 0 Å². The van der Waals surface area contributed by atoms with Crippen LogP contribution in [0.2, 0.25) is 0 Å². The Morgan fingerprint density at radius 1 is 1.17 bits per heavy atom. The highest BCUT2D eigenvalue weighted by Crippen LogP contribution is 2.31. The summed E-state index contributed by atoms with van der Waals surface area (Å²) in [5, 5.41) is 3.38. The van der Waals surface area contributed by atoms with Gasteiger partial charge in [0.2, 0.25) is 5.95 Å². The van der Waals surface area contributed by atoms with Crippen LogP contribution in [0.3, 0.4) is 0 Å². The van der Waals surface area contributed by atoms with E-state index in [4.69, 9.17) is 0 Å². The molecule has 3 rings (SSSR count). The summed E-state index contributed by atoms with van der Waals surface area (Å²) in [7, 11) is 0. The van der Waals surface area contributed by atoms with Crippen molar-refractivity contribution in [1.29, 1.82) is 0 Å². The molecule has 1 aromatic heterocycles. The highest BCUT2D eigenvalue weighted by atomic mass is 19.1. The van der Waals surface area contributed by atoms with Gasteiger partial charge in [-0.05, 0) is 44.7 Å². The van der Waals surface area contributed by atoms with Crippen LogP contribution in [0.4, 0.5) is 10.3 Å². The van der Waals surface area contributed by atoms with Crippen LogP contribution in [-0.2, 0) is 0 Å². The van der Waals surface area contributed by atoms with E-state index in [0.717, 1.165) is 19.6 Å². The molecule has 98 valence electrons. The Morgan fingerprint density at radius 2 is 1.83 bits per heavy atom. The highest BCUT2D eigenvalue weighted by Gasteiger charge is 2.32. The molecule has 0 unspecified atom stereocenters. The lowest BCUT2D eigenvalue weighted by atomic mass is 9.97. The Hall–Kier alpha value is -1.23. The molecule has 1 N–H and O–H groups in total. The molecular formula is C13H19FN4. The van der Waals surface area contributed by atoms with E-state index in [2.05, 4.69) is 20.2 Å². The predicted molar refractivity (Wildman–Crippen MR) is 68.0 cm³/mol. The quantitative estimate of drug-likeness (QED) is 0.881. The molecule has 2 heterocycles. The van der Waals surface area contributed by atoms with Gasteiger partial charge in [-0.2, -0.15) is 0 Å². The van der Waals surface area contributed by atoms with E-state index in [1.807, 2.05) is 0 Å². The predicted octanol–water partition coefficient (Wildman–Crippen LogP) is 1.58. The zero-order valence-electron chi connectivity index (χ0n) is 10.5. The van der Waals surface area contributed by atoms with Crippen molar-refractivity contribution in [2.45, 2.75) is 31.7 Å². The second-order valence-electron chi connectivity index (χ2n) is 5.28. The molecule has 1 aliphatic carbocycles. The number of piperidine rings is 1. The zero-order chi connectivity index (χ0) is 12.4. The second-order valence-corrected chi connectivity index (χ2v) is 5.28. The molecule has 0 amide bonds. The number of nitrogens with zero attached hydrogens (tertiary/aromatic N) is 3. The fourth-order valence-electron chi connectivity index (χ4n) is 2.58. The maximum absolute atomic E-state index is 12.9. The van der Waals surface area contributed by atoms with Gasteiger partial charge in [0.1, 0.15) is 0 Å². The number of hydrogen-bond donors (Lipinski definition) is 1. The maximum Gasteiger partial charge on any atom is 0.225 e. The molecule has 0 aromatic carbocycles. The van der Waals surface area contributed by atoms with E-state index < -0.39 is 0 Å². The van der Waals surface area contributed by atoms with Gasteiger partial charge in [-0.25, -0.2) is 14.4 Å². The monoisotopic (exact) mass is 250 g/mol. The summed E-state index contributed by atoms with van der Waals surface area (Å²) in [4.78, 5) is 10.5. The lowest BCUT2D eigenvalue weighted by Gasteiger charge is -2.30. The van der Waals surface area contributed by atoms with Gasteiger partial charge in [-0.3, -0.25) is 0 Å². The first-order valence-electron chi connectivity index (χ1n) is 6.78. The average molecular weight is 250 g/mol. The van der Waals surface area contributed by atoms with Crippen LogP contribution in [0, 0.1) is 11.7 Å². The summed E-state index contributed by atoms with van der Waals surface area (Å²) < 4.78 is 12.9. The fraction of sp³-hybridized carbons (Fsp3) is 0.692. The summed E-state index contributed by atoms with van der Waals surface area (Å²) >= 11 is 0. The maximum atomic E-state index is 12.9. The van der Waals surface area contributed by atoms with Crippen molar-refractivity contribution in [1.82, 2.24) is 15.3 Å². The van der Waals surface area contributed by atoms with Crippen LogP contribution in [0.5, 0.6) is 0 Å². The molecule has 2 fully saturated rings. The number of nitrogens with one attached hydrogen (secondary N) is 1. The van der Waals surface area contributed by atoms with Crippen LogP contribution in [-0.4, -0.2) is 35.6 Å². The van der Waals surface area contributed by atoms with E-state index in [1.54, 1.807) is 0 Å². The van der Waals surface area contributed by atoms with Gasteiger partial charge in [0.15, 0.2) is 5.82 Å². The summed E-state index contributed by atoms with van der Waals surface area (Å²) in [6.07, 6.45) is 7.38. The first kappa shape index (κ1) is 11.8. The van der Waals surface area contributed by atoms with Gasteiger partial charge in [-0.1, -0.05) is 0 Å². The smallest absolute Gasteiger partial charge is 0.225 e. The molecular weight excluding hydrogens is 231 g/mol. The molecule has 2 aliphatic rings. The number of rotatable bonds is 4. The van der Waals surface area contributed by atoms with Crippen LogP contribution < -0.4 is 10.2 Å². The number of aromatic nitrogens is 2. The van der Waals surface area contributed by atoms with Crippen LogP contribution >= 0.6 is 0 Å². The number of hydrogen-bond acceptors (Lipinski definition) is 4. The third-order valence-electron chi connectivity index (χ3n) is 3.76. The first-order valence-corrected chi connectivity index (χ1v) is 6.78. The largest absolute Gasteiger partial charge is 0.338 e. The van der Waals surface area contributed by atoms with E-state index in [-0.39, 0.29) is 5.82 Å². The van der Waals surface area contributed by atoms with Gasteiger partial charge in [0, 0.05) is 12.6 Å². The SMILES string of the molecule is Fc1cnc(N(CC2CCNCC2)C2CC2)nc1. The lowest BCUT2D eigenvalue weighted by Crippen LogP contribution is -2.38. The molecule has 1 saturated carbocycles. The van der Waals surface area contributed by atoms with Crippen molar-refractivity contribution in [2.24, 2.45) is 5.92 Å².